The van der Waals surface area contributed by atoms with Crippen molar-refractivity contribution in [3.05, 3.63) is 21.3 Å². The number of carbonyl (C=O) groups is 1. The minimum absolute atomic E-state index is 0. The maximum absolute atomic E-state index is 11.8. The van der Waals surface area contributed by atoms with Crippen LogP contribution in [0.4, 0.5) is 0 Å². The predicted molar refractivity (Wildman–Crippen MR) is 69.5 cm³/mol. The van der Waals surface area contributed by atoms with E-state index in [-0.39, 0.29) is 24.4 Å². The van der Waals surface area contributed by atoms with E-state index in [9.17, 15) is 4.79 Å². The number of amides is 1. The van der Waals surface area contributed by atoms with Crippen molar-refractivity contribution < 1.29 is 4.79 Å². The molecule has 0 aliphatic carbocycles. The van der Waals surface area contributed by atoms with Crippen molar-refractivity contribution in [2.75, 3.05) is 13.6 Å². The van der Waals surface area contributed by atoms with Crippen molar-refractivity contribution >= 4 is 41.3 Å². The van der Waals surface area contributed by atoms with Crippen LogP contribution in [0.25, 0.3) is 0 Å². The van der Waals surface area contributed by atoms with Crippen LogP contribution < -0.4 is 5.32 Å². The van der Waals surface area contributed by atoms with Gasteiger partial charge in [-0.15, -0.1) is 23.7 Å². The smallest absolute Gasteiger partial charge is 0.239 e. The number of thiophene rings is 1. The second kappa shape index (κ2) is 5.87. The van der Waals surface area contributed by atoms with Gasteiger partial charge in [0.1, 0.15) is 0 Å². The molecule has 6 heteroatoms. The Kier molecular flexibility index (Phi) is 5.05. The summed E-state index contributed by atoms with van der Waals surface area (Å²) in [5, 5.41) is 3.10. The number of hydrogen-bond donors (Lipinski definition) is 1. The maximum atomic E-state index is 11.8. The summed E-state index contributed by atoms with van der Waals surface area (Å²) in [6.45, 7) is 1.60. The number of nitrogens with zero attached hydrogens (tertiary/aromatic N) is 1. The van der Waals surface area contributed by atoms with Gasteiger partial charge in [-0.25, -0.2) is 0 Å². The molecule has 1 aromatic heterocycles. The van der Waals surface area contributed by atoms with Gasteiger partial charge >= 0.3 is 0 Å². The zero-order valence-electron chi connectivity index (χ0n) is 8.90. The Morgan fingerprint density at radius 2 is 2.38 bits per heavy atom. The zero-order valence-corrected chi connectivity index (χ0v) is 11.3. The van der Waals surface area contributed by atoms with Crippen molar-refractivity contribution in [3.8, 4) is 0 Å². The van der Waals surface area contributed by atoms with E-state index in [4.69, 9.17) is 11.6 Å². The molecule has 16 heavy (non-hydrogen) atoms. The maximum Gasteiger partial charge on any atom is 0.239 e. The van der Waals surface area contributed by atoms with Gasteiger partial charge in [-0.05, 0) is 25.1 Å². The summed E-state index contributed by atoms with van der Waals surface area (Å²) in [6, 6.07) is 3.86. The van der Waals surface area contributed by atoms with E-state index in [1.54, 1.807) is 4.90 Å². The lowest BCUT2D eigenvalue weighted by atomic mass is 10.1. The monoisotopic (exact) mass is 280 g/mol. The van der Waals surface area contributed by atoms with Crippen molar-refractivity contribution in [1.29, 1.82) is 0 Å². The number of likely N-dealkylation sites (N-methyl/N-ethyl adjacent to an activating group) is 1. The summed E-state index contributed by atoms with van der Waals surface area (Å²) in [6.07, 6.45) is 0.953. The summed E-state index contributed by atoms with van der Waals surface area (Å²) in [7, 11) is 1.83. The lowest BCUT2D eigenvalue weighted by Crippen LogP contribution is -2.53. The molecule has 90 valence electrons. The second-order valence-corrected chi connectivity index (χ2v) is 5.50. The number of carbonyl (C=O) groups excluding carboxylic acids is 1. The summed E-state index contributed by atoms with van der Waals surface area (Å²) >= 11 is 7.35. The first-order chi connectivity index (χ1) is 7.16. The van der Waals surface area contributed by atoms with E-state index in [1.807, 2.05) is 19.2 Å². The molecule has 1 amide bonds. The van der Waals surface area contributed by atoms with Gasteiger partial charge < -0.3 is 10.2 Å². The van der Waals surface area contributed by atoms with Crippen molar-refractivity contribution in [2.45, 2.75) is 19.0 Å². The summed E-state index contributed by atoms with van der Waals surface area (Å²) in [5.74, 6) is 0.172. The Hall–Kier alpha value is -0.290. The highest BCUT2D eigenvalue weighted by Gasteiger charge is 2.27. The average Bonchev–Trinajstić information content (AvgIpc) is 2.48. The standard InChI is InChI=1S/C10H13ClN2OS.ClH/c1-13(10(14)8-4-5-12-8)6-7-2-3-9(11)15-7;/h2-3,8,12H,4-6H2,1H3;1H/t8-;/m1./s1. The fraction of sp³-hybridized carbons (Fsp3) is 0.500. The van der Waals surface area contributed by atoms with Gasteiger partial charge in [0.05, 0.1) is 16.9 Å². The fourth-order valence-electron chi connectivity index (χ4n) is 1.51. The molecular weight excluding hydrogens is 267 g/mol. The number of hydrogen-bond acceptors (Lipinski definition) is 3. The molecule has 0 unspecified atom stereocenters. The predicted octanol–water partition coefficient (Wildman–Crippen LogP) is 2.14. The molecule has 1 atom stereocenters. The van der Waals surface area contributed by atoms with E-state index in [2.05, 4.69) is 5.32 Å². The van der Waals surface area contributed by atoms with Crippen LogP contribution in [-0.4, -0.2) is 30.4 Å². The van der Waals surface area contributed by atoms with Crippen LogP contribution >= 0.6 is 35.3 Å². The molecule has 0 radical (unpaired) electrons. The van der Waals surface area contributed by atoms with E-state index in [0.717, 1.165) is 22.2 Å². The average molecular weight is 281 g/mol. The SMILES string of the molecule is CN(Cc1ccc(Cl)s1)C(=O)[C@H]1CCN1.Cl. The van der Waals surface area contributed by atoms with Crippen LogP contribution in [0, 0.1) is 0 Å². The third-order valence-corrected chi connectivity index (χ3v) is 3.74. The minimum atomic E-state index is 0. The number of rotatable bonds is 3. The van der Waals surface area contributed by atoms with Gasteiger partial charge in [-0.1, -0.05) is 11.6 Å². The van der Waals surface area contributed by atoms with Crippen LogP contribution in [0.15, 0.2) is 12.1 Å². The topological polar surface area (TPSA) is 32.3 Å². The first-order valence-corrected chi connectivity index (χ1v) is 6.09. The zero-order chi connectivity index (χ0) is 10.8. The summed E-state index contributed by atoms with van der Waals surface area (Å²) in [4.78, 5) is 14.6. The highest BCUT2D eigenvalue weighted by Crippen LogP contribution is 2.22. The third-order valence-electron chi connectivity index (χ3n) is 2.52. The Balaban J connectivity index is 0.00000128. The summed E-state index contributed by atoms with van der Waals surface area (Å²) < 4.78 is 0.771. The van der Waals surface area contributed by atoms with E-state index < -0.39 is 0 Å². The van der Waals surface area contributed by atoms with E-state index in [1.165, 1.54) is 11.3 Å². The van der Waals surface area contributed by atoms with E-state index in [0.29, 0.717) is 6.54 Å². The lowest BCUT2D eigenvalue weighted by molar-refractivity contribution is -0.134. The van der Waals surface area contributed by atoms with Crippen molar-refractivity contribution in [1.82, 2.24) is 10.2 Å². The molecule has 2 heterocycles. The van der Waals surface area contributed by atoms with Gasteiger partial charge in [0.25, 0.3) is 0 Å². The first-order valence-electron chi connectivity index (χ1n) is 4.89. The Morgan fingerprint density at radius 3 is 2.81 bits per heavy atom. The van der Waals surface area contributed by atoms with Crippen LogP contribution in [0.5, 0.6) is 0 Å². The third kappa shape index (κ3) is 3.10. The normalized spacial score (nSPS) is 18.5. The molecule has 1 aliphatic heterocycles. The largest absolute Gasteiger partial charge is 0.339 e. The van der Waals surface area contributed by atoms with Gasteiger partial charge in [0.15, 0.2) is 0 Å². The molecule has 0 bridgehead atoms. The van der Waals surface area contributed by atoms with Gasteiger partial charge in [0, 0.05) is 11.9 Å². The van der Waals surface area contributed by atoms with Gasteiger partial charge in [-0.3, -0.25) is 4.79 Å². The van der Waals surface area contributed by atoms with E-state index >= 15 is 0 Å². The Morgan fingerprint density at radius 1 is 1.69 bits per heavy atom. The van der Waals surface area contributed by atoms with Crippen molar-refractivity contribution in [2.24, 2.45) is 0 Å². The van der Waals surface area contributed by atoms with Crippen molar-refractivity contribution in [3.63, 3.8) is 0 Å². The van der Waals surface area contributed by atoms with Crippen LogP contribution in [-0.2, 0) is 11.3 Å². The molecule has 1 N–H and O–H groups in total. The lowest BCUT2D eigenvalue weighted by Gasteiger charge is -2.30. The molecule has 0 aromatic carbocycles. The molecule has 1 fully saturated rings. The molecule has 1 aliphatic rings. The molecule has 1 saturated heterocycles. The number of halogens is 2. The van der Waals surface area contributed by atoms with Gasteiger partial charge in [-0.2, -0.15) is 0 Å². The molecule has 1 aromatic rings. The Labute approximate surface area is 110 Å². The molecule has 3 nitrogen and oxygen atoms in total. The van der Waals surface area contributed by atoms with Gasteiger partial charge in [0.2, 0.25) is 5.91 Å². The van der Waals surface area contributed by atoms with Crippen LogP contribution in [0.1, 0.15) is 11.3 Å². The highest BCUT2D eigenvalue weighted by molar-refractivity contribution is 7.16. The molecule has 0 saturated carbocycles. The fourth-order valence-corrected chi connectivity index (χ4v) is 2.66. The minimum Gasteiger partial charge on any atom is -0.339 e. The second-order valence-electron chi connectivity index (χ2n) is 3.70. The Bertz CT molecular complexity index is 365. The number of nitrogens with one attached hydrogen (secondary N) is 1. The first kappa shape index (κ1) is 13.8. The van der Waals surface area contributed by atoms with Crippen LogP contribution in [0.2, 0.25) is 4.34 Å². The molecular formula is C10H14Cl2N2OS. The molecule has 0 spiro atoms. The molecule has 2 rings (SSSR count). The highest BCUT2D eigenvalue weighted by atomic mass is 35.5. The van der Waals surface area contributed by atoms with Crippen LogP contribution in [0.3, 0.4) is 0 Å². The quantitative estimate of drug-likeness (QED) is 0.920. The summed E-state index contributed by atoms with van der Waals surface area (Å²) in [5.41, 5.74) is 0.